The Morgan fingerprint density at radius 2 is 1.94 bits per heavy atom. The molecule has 2 N–H and O–H groups in total. The standard InChI is InChI=1S/C12H22N2O2/c1-4-10(5-2)12(16)11(15)6-9-7-13-14(3)8-9/h7-8,10-12,15-16H,4-6H2,1-3H3. The first kappa shape index (κ1) is 13.2. The van der Waals surface area contributed by atoms with Gasteiger partial charge in [0.1, 0.15) is 0 Å². The van der Waals surface area contributed by atoms with Crippen molar-refractivity contribution in [1.82, 2.24) is 9.78 Å². The Bertz CT molecular complexity index is 308. The van der Waals surface area contributed by atoms with Crippen molar-refractivity contribution in [1.29, 1.82) is 0 Å². The second-order valence-corrected chi connectivity index (χ2v) is 4.36. The largest absolute Gasteiger partial charge is 0.390 e. The minimum absolute atomic E-state index is 0.173. The molecule has 2 atom stereocenters. The van der Waals surface area contributed by atoms with Crippen LogP contribution in [0.2, 0.25) is 0 Å². The number of hydrogen-bond acceptors (Lipinski definition) is 3. The van der Waals surface area contributed by atoms with Crippen LogP contribution in [-0.4, -0.2) is 32.2 Å². The lowest BCUT2D eigenvalue weighted by atomic mass is 9.90. The van der Waals surface area contributed by atoms with E-state index in [1.807, 2.05) is 27.1 Å². The summed E-state index contributed by atoms with van der Waals surface area (Å²) in [5.74, 6) is 0.173. The fourth-order valence-corrected chi connectivity index (χ4v) is 2.03. The third-order valence-electron chi connectivity index (χ3n) is 3.13. The van der Waals surface area contributed by atoms with Crippen LogP contribution in [0.25, 0.3) is 0 Å². The number of hydrogen-bond donors (Lipinski definition) is 2. The average molecular weight is 226 g/mol. The first-order valence-electron chi connectivity index (χ1n) is 5.92. The Balaban J connectivity index is 2.54. The van der Waals surface area contributed by atoms with Crippen LogP contribution >= 0.6 is 0 Å². The molecule has 0 radical (unpaired) electrons. The van der Waals surface area contributed by atoms with Gasteiger partial charge in [0.25, 0.3) is 0 Å². The van der Waals surface area contributed by atoms with Crippen molar-refractivity contribution in [3.8, 4) is 0 Å². The zero-order valence-electron chi connectivity index (χ0n) is 10.3. The van der Waals surface area contributed by atoms with E-state index in [1.54, 1.807) is 10.9 Å². The second-order valence-electron chi connectivity index (χ2n) is 4.36. The fraction of sp³-hybridized carbons (Fsp3) is 0.750. The fourth-order valence-electron chi connectivity index (χ4n) is 2.03. The highest BCUT2D eigenvalue weighted by Crippen LogP contribution is 2.18. The van der Waals surface area contributed by atoms with Gasteiger partial charge in [-0.15, -0.1) is 0 Å². The van der Waals surface area contributed by atoms with Gasteiger partial charge >= 0.3 is 0 Å². The molecular weight excluding hydrogens is 204 g/mol. The minimum atomic E-state index is -0.700. The van der Waals surface area contributed by atoms with E-state index < -0.39 is 12.2 Å². The number of aryl methyl sites for hydroxylation is 1. The van der Waals surface area contributed by atoms with E-state index in [-0.39, 0.29) is 5.92 Å². The first-order chi connectivity index (χ1) is 7.58. The Kier molecular flexibility index (Phi) is 4.96. The summed E-state index contributed by atoms with van der Waals surface area (Å²) in [5, 5.41) is 23.9. The van der Waals surface area contributed by atoms with Crippen molar-refractivity contribution in [2.75, 3.05) is 0 Å². The molecule has 92 valence electrons. The molecule has 0 bridgehead atoms. The van der Waals surface area contributed by atoms with Gasteiger partial charge in [-0.05, 0) is 11.5 Å². The monoisotopic (exact) mass is 226 g/mol. The molecule has 1 aromatic rings. The molecule has 0 saturated heterocycles. The van der Waals surface area contributed by atoms with E-state index >= 15 is 0 Å². The third kappa shape index (κ3) is 3.32. The first-order valence-corrected chi connectivity index (χ1v) is 5.92. The predicted octanol–water partition coefficient (Wildman–Crippen LogP) is 1.12. The summed E-state index contributed by atoms with van der Waals surface area (Å²) in [5.41, 5.74) is 0.958. The Labute approximate surface area is 96.9 Å². The maximum Gasteiger partial charge on any atom is 0.0843 e. The van der Waals surface area contributed by atoms with Gasteiger partial charge < -0.3 is 10.2 Å². The molecule has 4 nitrogen and oxygen atoms in total. The highest BCUT2D eigenvalue weighted by molar-refractivity contribution is 5.05. The van der Waals surface area contributed by atoms with Crippen LogP contribution in [0.3, 0.4) is 0 Å². The van der Waals surface area contributed by atoms with Gasteiger partial charge in [0.15, 0.2) is 0 Å². The van der Waals surface area contributed by atoms with Crippen molar-refractivity contribution < 1.29 is 10.2 Å². The third-order valence-corrected chi connectivity index (χ3v) is 3.13. The molecule has 0 fully saturated rings. The van der Waals surface area contributed by atoms with Crippen molar-refractivity contribution in [3.05, 3.63) is 18.0 Å². The van der Waals surface area contributed by atoms with E-state index in [0.717, 1.165) is 18.4 Å². The molecule has 4 heteroatoms. The number of aliphatic hydroxyl groups is 2. The average Bonchev–Trinajstić information content (AvgIpc) is 2.65. The second kappa shape index (κ2) is 6.01. The highest BCUT2D eigenvalue weighted by atomic mass is 16.3. The summed E-state index contributed by atoms with van der Waals surface area (Å²) in [4.78, 5) is 0. The maximum absolute atomic E-state index is 9.97. The molecule has 0 amide bonds. The van der Waals surface area contributed by atoms with Crippen LogP contribution in [0.4, 0.5) is 0 Å². The molecular formula is C12H22N2O2. The zero-order chi connectivity index (χ0) is 12.1. The highest BCUT2D eigenvalue weighted by Gasteiger charge is 2.24. The van der Waals surface area contributed by atoms with Gasteiger partial charge in [0.05, 0.1) is 18.4 Å². The van der Waals surface area contributed by atoms with Crippen LogP contribution in [0.1, 0.15) is 32.3 Å². The minimum Gasteiger partial charge on any atom is -0.390 e. The summed E-state index contributed by atoms with van der Waals surface area (Å²) >= 11 is 0. The van der Waals surface area contributed by atoms with Crippen molar-refractivity contribution >= 4 is 0 Å². The lowest BCUT2D eigenvalue weighted by Gasteiger charge is -2.24. The van der Waals surface area contributed by atoms with Crippen molar-refractivity contribution in [2.45, 2.75) is 45.3 Å². The number of aromatic nitrogens is 2. The van der Waals surface area contributed by atoms with Crippen LogP contribution in [0.15, 0.2) is 12.4 Å². The van der Waals surface area contributed by atoms with Gasteiger partial charge in [0.2, 0.25) is 0 Å². The van der Waals surface area contributed by atoms with Crippen LogP contribution in [0.5, 0.6) is 0 Å². The van der Waals surface area contributed by atoms with Crippen LogP contribution < -0.4 is 0 Å². The van der Waals surface area contributed by atoms with E-state index in [0.29, 0.717) is 6.42 Å². The molecule has 0 aliphatic heterocycles. The van der Waals surface area contributed by atoms with Gasteiger partial charge in [-0.3, -0.25) is 4.68 Å². The number of aliphatic hydroxyl groups excluding tert-OH is 2. The Morgan fingerprint density at radius 3 is 2.38 bits per heavy atom. The molecule has 1 aromatic heterocycles. The maximum atomic E-state index is 9.97. The summed E-state index contributed by atoms with van der Waals surface area (Å²) < 4.78 is 1.70. The molecule has 1 rings (SSSR count). The summed E-state index contributed by atoms with van der Waals surface area (Å²) in [6.45, 7) is 4.07. The molecule has 0 aliphatic carbocycles. The van der Waals surface area contributed by atoms with Crippen molar-refractivity contribution in [2.24, 2.45) is 13.0 Å². The Hall–Kier alpha value is -0.870. The Morgan fingerprint density at radius 1 is 1.31 bits per heavy atom. The SMILES string of the molecule is CCC(CC)C(O)C(O)Cc1cnn(C)c1. The van der Waals surface area contributed by atoms with E-state index in [2.05, 4.69) is 5.10 Å². The predicted molar refractivity (Wildman–Crippen MR) is 63.0 cm³/mol. The van der Waals surface area contributed by atoms with E-state index in [9.17, 15) is 10.2 Å². The van der Waals surface area contributed by atoms with Gasteiger partial charge in [-0.2, -0.15) is 5.10 Å². The number of rotatable bonds is 6. The van der Waals surface area contributed by atoms with Crippen molar-refractivity contribution in [3.63, 3.8) is 0 Å². The van der Waals surface area contributed by atoms with Gasteiger partial charge in [-0.25, -0.2) is 0 Å². The smallest absolute Gasteiger partial charge is 0.0843 e. The quantitative estimate of drug-likeness (QED) is 0.764. The molecule has 0 saturated carbocycles. The molecule has 2 unspecified atom stereocenters. The van der Waals surface area contributed by atoms with Gasteiger partial charge in [-0.1, -0.05) is 26.7 Å². The lowest BCUT2D eigenvalue weighted by Crippen LogP contribution is -2.34. The number of nitrogens with zero attached hydrogens (tertiary/aromatic N) is 2. The lowest BCUT2D eigenvalue weighted by molar-refractivity contribution is -0.0187. The summed E-state index contributed by atoms with van der Waals surface area (Å²) in [6.07, 6.45) is 4.49. The van der Waals surface area contributed by atoms with E-state index in [1.165, 1.54) is 0 Å². The van der Waals surface area contributed by atoms with Gasteiger partial charge in [0, 0.05) is 19.7 Å². The molecule has 0 aliphatic rings. The topological polar surface area (TPSA) is 58.3 Å². The van der Waals surface area contributed by atoms with Crippen LogP contribution in [-0.2, 0) is 13.5 Å². The molecule has 1 heterocycles. The summed E-state index contributed by atoms with van der Waals surface area (Å²) in [7, 11) is 1.84. The summed E-state index contributed by atoms with van der Waals surface area (Å²) in [6, 6.07) is 0. The zero-order valence-corrected chi connectivity index (χ0v) is 10.3. The van der Waals surface area contributed by atoms with E-state index in [4.69, 9.17) is 0 Å². The normalized spacial score (nSPS) is 15.4. The van der Waals surface area contributed by atoms with Crippen LogP contribution in [0, 0.1) is 5.92 Å². The molecule has 0 aromatic carbocycles. The molecule has 16 heavy (non-hydrogen) atoms. The molecule has 0 spiro atoms.